The van der Waals surface area contributed by atoms with Crippen LogP contribution in [-0.2, 0) is 4.79 Å². The van der Waals surface area contributed by atoms with Crippen molar-refractivity contribution >= 4 is 29.2 Å². The molecule has 0 atom stereocenters. The Morgan fingerprint density at radius 1 is 0.929 bits per heavy atom. The van der Waals surface area contributed by atoms with Crippen LogP contribution >= 0.6 is 11.6 Å². The first kappa shape index (κ1) is 19.9. The third-order valence-electron chi connectivity index (χ3n) is 4.61. The van der Waals surface area contributed by atoms with Crippen molar-refractivity contribution in [3.05, 3.63) is 64.7 Å². The van der Waals surface area contributed by atoms with Crippen molar-refractivity contribution in [2.45, 2.75) is 6.92 Å². The summed E-state index contributed by atoms with van der Waals surface area (Å²) < 4.78 is 5.53. The average molecular weight is 401 g/mol. The zero-order chi connectivity index (χ0) is 20.1. The van der Waals surface area contributed by atoms with Gasteiger partial charge in [-0.05, 0) is 43.3 Å². The molecule has 2 aromatic carbocycles. The van der Waals surface area contributed by atoms with E-state index in [2.05, 4.69) is 0 Å². The first-order valence-corrected chi connectivity index (χ1v) is 9.38. The summed E-state index contributed by atoms with van der Waals surface area (Å²) in [6.07, 6.45) is 0. The highest BCUT2D eigenvalue weighted by molar-refractivity contribution is 6.30. The molecule has 0 spiro atoms. The Kier molecular flexibility index (Phi) is 6.31. The number of ether oxygens (including phenoxy) is 1. The fourth-order valence-electron chi connectivity index (χ4n) is 2.98. The molecule has 2 aromatic rings. The highest BCUT2D eigenvalue weighted by atomic mass is 35.5. The largest absolute Gasteiger partial charge is 0.484 e. The summed E-state index contributed by atoms with van der Waals surface area (Å²) in [6.45, 7) is 3.21. The molecule has 1 aliphatic heterocycles. The van der Waals surface area contributed by atoms with Gasteiger partial charge in [-0.15, -0.1) is 0 Å². The van der Waals surface area contributed by atoms with Gasteiger partial charge >= 0.3 is 0 Å². The fourth-order valence-corrected chi connectivity index (χ4v) is 3.10. The number of ketones is 1. The molecule has 0 radical (unpaired) electrons. The van der Waals surface area contributed by atoms with E-state index in [0.29, 0.717) is 48.1 Å². The second-order valence-electron chi connectivity index (χ2n) is 6.55. The van der Waals surface area contributed by atoms with Crippen LogP contribution in [0.5, 0.6) is 5.75 Å². The quantitative estimate of drug-likeness (QED) is 0.724. The number of hydrogen-bond acceptors (Lipinski definition) is 4. The van der Waals surface area contributed by atoms with E-state index in [4.69, 9.17) is 16.3 Å². The van der Waals surface area contributed by atoms with E-state index in [1.807, 2.05) is 0 Å². The number of Topliss-reactive ketones (excluding diaryl/α,β-unsaturated/α-hetero) is 1. The Morgan fingerprint density at radius 3 is 2.21 bits per heavy atom. The van der Waals surface area contributed by atoms with Crippen LogP contribution in [0.2, 0.25) is 5.02 Å². The van der Waals surface area contributed by atoms with Gasteiger partial charge in [0.05, 0.1) is 0 Å². The van der Waals surface area contributed by atoms with Gasteiger partial charge in [0.1, 0.15) is 5.75 Å². The number of carbonyl (C=O) groups is 3. The molecule has 3 rings (SSSR count). The lowest BCUT2D eigenvalue weighted by atomic mass is 10.1. The van der Waals surface area contributed by atoms with Gasteiger partial charge in [-0.25, -0.2) is 0 Å². The number of hydrogen-bond donors (Lipinski definition) is 0. The lowest BCUT2D eigenvalue weighted by Crippen LogP contribution is -2.51. The van der Waals surface area contributed by atoms with E-state index < -0.39 is 0 Å². The summed E-state index contributed by atoms with van der Waals surface area (Å²) in [5.41, 5.74) is 1.12. The van der Waals surface area contributed by atoms with Crippen LogP contribution in [0, 0.1) is 0 Å². The number of amides is 2. The summed E-state index contributed by atoms with van der Waals surface area (Å²) in [5.74, 6) is 0.212. The number of halogens is 1. The summed E-state index contributed by atoms with van der Waals surface area (Å²) in [5, 5.41) is 0.584. The van der Waals surface area contributed by atoms with E-state index in [1.54, 1.807) is 58.3 Å². The average Bonchev–Trinajstić information content (AvgIpc) is 2.72. The maximum atomic E-state index is 12.5. The minimum absolute atomic E-state index is 0.0572. The first-order chi connectivity index (χ1) is 13.4. The monoisotopic (exact) mass is 400 g/mol. The van der Waals surface area contributed by atoms with E-state index >= 15 is 0 Å². The van der Waals surface area contributed by atoms with Crippen LogP contribution in [0.3, 0.4) is 0 Å². The van der Waals surface area contributed by atoms with Gasteiger partial charge < -0.3 is 14.5 Å². The van der Waals surface area contributed by atoms with Crippen LogP contribution in [0.1, 0.15) is 27.6 Å². The van der Waals surface area contributed by atoms with Gasteiger partial charge in [0, 0.05) is 42.3 Å². The standard InChI is InChI=1S/C21H21ClN2O4/c1-15(25)17-3-2-4-19(13-17)28-14-20(26)23-9-11-24(12-10-23)21(27)16-5-7-18(22)8-6-16/h2-8,13H,9-12,14H2,1H3. The predicted octanol–water partition coefficient (Wildman–Crippen LogP) is 2.91. The fraction of sp³-hybridized carbons (Fsp3) is 0.286. The Labute approximate surface area is 168 Å². The summed E-state index contributed by atoms with van der Waals surface area (Å²) in [4.78, 5) is 39.7. The van der Waals surface area contributed by atoms with Gasteiger partial charge in [-0.3, -0.25) is 14.4 Å². The molecule has 1 aliphatic rings. The van der Waals surface area contributed by atoms with Crippen LogP contribution in [0.25, 0.3) is 0 Å². The normalized spacial score (nSPS) is 13.9. The second-order valence-corrected chi connectivity index (χ2v) is 6.99. The third-order valence-corrected chi connectivity index (χ3v) is 4.87. The molecule has 0 saturated carbocycles. The zero-order valence-corrected chi connectivity index (χ0v) is 16.3. The van der Waals surface area contributed by atoms with Gasteiger partial charge in [0.25, 0.3) is 11.8 Å². The Balaban J connectivity index is 1.49. The van der Waals surface area contributed by atoms with Crippen molar-refractivity contribution in [1.82, 2.24) is 9.80 Å². The third kappa shape index (κ3) is 4.89. The molecule has 1 fully saturated rings. The SMILES string of the molecule is CC(=O)c1cccc(OCC(=O)N2CCN(C(=O)c3ccc(Cl)cc3)CC2)c1. The van der Waals surface area contributed by atoms with Crippen molar-refractivity contribution in [2.24, 2.45) is 0 Å². The van der Waals surface area contributed by atoms with Crippen molar-refractivity contribution in [3.63, 3.8) is 0 Å². The van der Waals surface area contributed by atoms with Gasteiger partial charge in [0.2, 0.25) is 0 Å². The molecule has 146 valence electrons. The second kappa shape index (κ2) is 8.89. The molecule has 0 unspecified atom stereocenters. The Morgan fingerprint density at radius 2 is 1.57 bits per heavy atom. The summed E-state index contributed by atoms with van der Waals surface area (Å²) in [7, 11) is 0. The van der Waals surface area contributed by atoms with Crippen molar-refractivity contribution < 1.29 is 19.1 Å². The molecule has 28 heavy (non-hydrogen) atoms. The van der Waals surface area contributed by atoms with Gasteiger partial charge in [-0.1, -0.05) is 23.7 Å². The molecular formula is C21H21ClN2O4. The summed E-state index contributed by atoms with van der Waals surface area (Å²) in [6, 6.07) is 13.5. The minimum Gasteiger partial charge on any atom is -0.484 e. The summed E-state index contributed by atoms with van der Waals surface area (Å²) >= 11 is 5.86. The molecule has 0 aliphatic carbocycles. The lowest BCUT2D eigenvalue weighted by molar-refractivity contribution is -0.134. The molecular weight excluding hydrogens is 380 g/mol. The maximum absolute atomic E-state index is 12.5. The Hall–Kier alpha value is -2.86. The van der Waals surface area contributed by atoms with Gasteiger partial charge in [0.15, 0.2) is 12.4 Å². The maximum Gasteiger partial charge on any atom is 0.260 e. The number of nitrogens with zero attached hydrogens (tertiary/aromatic N) is 2. The van der Waals surface area contributed by atoms with Crippen LogP contribution in [-0.4, -0.2) is 60.2 Å². The van der Waals surface area contributed by atoms with E-state index in [1.165, 1.54) is 6.92 Å². The van der Waals surface area contributed by atoms with E-state index in [-0.39, 0.29) is 24.2 Å². The lowest BCUT2D eigenvalue weighted by Gasteiger charge is -2.34. The number of benzene rings is 2. The smallest absolute Gasteiger partial charge is 0.260 e. The molecule has 0 bridgehead atoms. The predicted molar refractivity (Wildman–Crippen MR) is 106 cm³/mol. The van der Waals surface area contributed by atoms with Crippen molar-refractivity contribution in [1.29, 1.82) is 0 Å². The topological polar surface area (TPSA) is 66.9 Å². The highest BCUT2D eigenvalue weighted by Crippen LogP contribution is 2.15. The minimum atomic E-state index is -0.146. The van der Waals surface area contributed by atoms with Crippen LogP contribution in [0.15, 0.2) is 48.5 Å². The Bertz CT molecular complexity index is 874. The van der Waals surface area contributed by atoms with Crippen LogP contribution < -0.4 is 4.74 Å². The van der Waals surface area contributed by atoms with E-state index in [0.717, 1.165) is 0 Å². The van der Waals surface area contributed by atoms with Gasteiger partial charge in [-0.2, -0.15) is 0 Å². The van der Waals surface area contributed by atoms with Crippen LogP contribution in [0.4, 0.5) is 0 Å². The molecule has 0 N–H and O–H groups in total. The number of carbonyl (C=O) groups excluding carboxylic acids is 3. The number of rotatable bonds is 5. The zero-order valence-electron chi connectivity index (χ0n) is 15.6. The molecule has 6 nitrogen and oxygen atoms in total. The molecule has 2 amide bonds. The van der Waals surface area contributed by atoms with E-state index in [9.17, 15) is 14.4 Å². The number of piperazine rings is 1. The first-order valence-electron chi connectivity index (χ1n) is 9.00. The molecule has 1 heterocycles. The van der Waals surface area contributed by atoms with Crippen molar-refractivity contribution in [3.8, 4) is 5.75 Å². The molecule has 7 heteroatoms. The molecule has 0 aromatic heterocycles. The van der Waals surface area contributed by atoms with Crippen molar-refractivity contribution in [2.75, 3.05) is 32.8 Å². The molecule has 1 saturated heterocycles. The highest BCUT2D eigenvalue weighted by Gasteiger charge is 2.25.